The van der Waals surface area contributed by atoms with Crippen LogP contribution >= 0.6 is 22.7 Å². The van der Waals surface area contributed by atoms with E-state index in [0.717, 1.165) is 56.7 Å². The fourth-order valence-corrected chi connectivity index (χ4v) is 10.9. The summed E-state index contributed by atoms with van der Waals surface area (Å²) >= 11 is 1.99. The normalized spacial score (nSPS) is 11.2. The Morgan fingerprint density at radius 2 is 0.939 bits per heavy atom. The maximum Gasteiger partial charge on any atom is 0.415 e. The Bertz CT molecular complexity index is 3390. The predicted octanol–water partition coefficient (Wildman–Crippen LogP) is 11.9. The number of nitrogens with zero attached hydrogens (tertiary/aromatic N) is 6. The standard InChI is InChI=1S/C57H60F4N10O9S2/c1-31(2)79-56(75)70(29-37-41(58)13-11-14-42(37)59)53-47(39(27-68(5)6)49(81-53)34-19-23-36(24-20-34)63-55(74)67-78-10)51(72)62-35-21-17-33(18-22-35)50-40(28-69(7)8)48(52(73)64-45-25-26-46(77-9)66-65-45)54(82-50)71(57(76)80-32(3)4)30-38-43(60)15-12-16-44(38)61/h11-26,31-32H,27-30H2,1-10H3,(H,62,72)(H2,63,67,74)(H,64,65,73). The van der Waals surface area contributed by atoms with Gasteiger partial charge in [-0.2, -0.15) is 0 Å². The van der Waals surface area contributed by atoms with Crippen molar-refractivity contribution in [2.24, 2.45) is 0 Å². The first-order valence-electron chi connectivity index (χ1n) is 25.3. The molecule has 19 nitrogen and oxygen atoms in total. The molecule has 0 radical (unpaired) electrons. The summed E-state index contributed by atoms with van der Waals surface area (Å²) in [5, 5.41) is 16.3. The van der Waals surface area contributed by atoms with Gasteiger partial charge in [0.05, 0.1) is 50.6 Å². The molecule has 4 aromatic carbocycles. The second kappa shape index (κ2) is 27.3. The number of carbonyl (C=O) groups excluding carboxylic acids is 5. The fraction of sp³-hybridized carbons (Fsp3) is 0.281. The fourth-order valence-electron chi connectivity index (χ4n) is 8.33. The lowest BCUT2D eigenvalue weighted by molar-refractivity contribution is 0.101. The third-order valence-electron chi connectivity index (χ3n) is 11.8. The second-order valence-corrected chi connectivity index (χ2v) is 21.4. The number of thiophene rings is 2. The number of nitrogens with one attached hydrogen (secondary N) is 4. The summed E-state index contributed by atoms with van der Waals surface area (Å²) in [5.41, 5.74) is 3.67. The quantitative estimate of drug-likeness (QED) is 0.0390. The molecule has 6 amide bonds. The van der Waals surface area contributed by atoms with Gasteiger partial charge < -0.3 is 40.0 Å². The molecule has 0 aliphatic heterocycles. The van der Waals surface area contributed by atoms with E-state index in [-0.39, 0.29) is 51.6 Å². The zero-order valence-corrected chi connectivity index (χ0v) is 48.0. The molecule has 0 fully saturated rings. The minimum Gasteiger partial charge on any atom is -0.480 e. The van der Waals surface area contributed by atoms with Crippen molar-refractivity contribution in [3.63, 3.8) is 0 Å². The molecule has 0 saturated carbocycles. The second-order valence-electron chi connectivity index (χ2n) is 19.4. The number of anilines is 5. The number of hydrogen-bond donors (Lipinski definition) is 4. The van der Waals surface area contributed by atoms with Crippen molar-refractivity contribution >= 4 is 79.9 Å². The van der Waals surface area contributed by atoms with Gasteiger partial charge in [-0.15, -0.1) is 32.9 Å². The lowest BCUT2D eigenvalue weighted by atomic mass is 10.0. The molecule has 0 unspecified atom stereocenters. The van der Waals surface area contributed by atoms with Crippen molar-refractivity contribution < 1.29 is 60.6 Å². The zero-order chi connectivity index (χ0) is 59.5. The lowest BCUT2D eigenvalue weighted by Gasteiger charge is -2.24. The van der Waals surface area contributed by atoms with Gasteiger partial charge in [0.25, 0.3) is 11.8 Å². The average Bonchev–Trinajstić information content (AvgIpc) is 3.04. The Morgan fingerprint density at radius 1 is 0.524 bits per heavy atom. The molecule has 7 aromatic rings. The lowest BCUT2D eigenvalue weighted by Crippen LogP contribution is -2.34. The smallest absolute Gasteiger partial charge is 0.415 e. The summed E-state index contributed by atoms with van der Waals surface area (Å²) in [6.45, 7) is 5.27. The first kappa shape index (κ1) is 61.1. The van der Waals surface area contributed by atoms with Crippen LogP contribution in [-0.4, -0.2) is 105 Å². The predicted molar refractivity (Wildman–Crippen MR) is 306 cm³/mol. The first-order valence-corrected chi connectivity index (χ1v) is 26.9. The summed E-state index contributed by atoms with van der Waals surface area (Å²) in [4.78, 5) is 82.0. The molecule has 25 heteroatoms. The topological polar surface area (TPSA) is 209 Å². The Kier molecular flexibility index (Phi) is 20.4. The number of rotatable bonds is 21. The molecular weight excluding hydrogens is 1110 g/mol. The molecule has 3 aromatic heterocycles. The molecule has 82 heavy (non-hydrogen) atoms. The van der Waals surface area contributed by atoms with Gasteiger partial charge in [0.15, 0.2) is 5.82 Å². The van der Waals surface area contributed by atoms with E-state index in [0.29, 0.717) is 37.7 Å². The molecular formula is C57H60F4N10O9S2. The van der Waals surface area contributed by atoms with Gasteiger partial charge in [-0.1, -0.05) is 36.4 Å². The van der Waals surface area contributed by atoms with E-state index in [9.17, 15) is 19.2 Å². The van der Waals surface area contributed by atoms with E-state index in [4.69, 9.17) is 19.0 Å². The molecule has 0 aliphatic carbocycles. The Balaban J connectivity index is 1.37. The van der Waals surface area contributed by atoms with Gasteiger partial charge in [-0.05, 0) is 133 Å². The average molecular weight is 1170 g/mol. The number of urea groups is 1. The Morgan fingerprint density at radius 3 is 1.30 bits per heavy atom. The number of amides is 6. The van der Waals surface area contributed by atoms with Crippen LogP contribution in [0.5, 0.6) is 5.88 Å². The van der Waals surface area contributed by atoms with Gasteiger partial charge in [-0.25, -0.2) is 37.4 Å². The number of hydroxylamine groups is 1. The first-order chi connectivity index (χ1) is 39.1. The van der Waals surface area contributed by atoms with Crippen LogP contribution in [0.15, 0.2) is 97.1 Å². The van der Waals surface area contributed by atoms with E-state index >= 15 is 22.4 Å². The van der Waals surface area contributed by atoms with E-state index in [1.165, 1.54) is 38.5 Å². The summed E-state index contributed by atoms with van der Waals surface area (Å²) in [6, 6.07) is 22.0. The molecule has 0 spiro atoms. The number of methoxy groups -OCH3 is 1. The van der Waals surface area contributed by atoms with E-state index in [2.05, 4.69) is 31.6 Å². The highest BCUT2D eigenvalue weighted by Gasteiger charge is 2.36. The summed E-state index contributed by atoms with van der Waals surface area (Å²) in [6.07, 6.45) is -3.37. The Labute approximate surface area is 478 Å². The third kappa shape index (κ3) is 14.9. The van der Waals surface area contributed by atoms with Crippen molar-refractivity contribution in [2.75, 3.05) is 68.2 Å². The van der Waals surface area contributed by atoms with Crippen molar-refractivity contribution in [3.8, 4) is 26.8 Å². The molecule has 3 heterocycles. The highest BCUT2D eigenvalue weighted by atomic mass is 32.1. The van der Waals surface area contributed by atoms with Crippen LogP contribution in [0.1, 0.15) is 70.7 Å². The Hall–Kier alpha value is -8.49. The highest BCUT2D eigenvalue weighted by Crippen LogP contribution is 2.47. The van der Waals surface area contributed by atoms with Crippen LogP contribution in [0.2, 0.25) is 0 Å². The van der Waals surface area contributed by atoms with Crippen molar-refractivity contribution in [1.82, 2.24) is 25.5 Å². The van der Waals surface area contributed by atoms with Gasteiger partial charge in [0.1, 0.15) is 33.3 Å². The number of aromatic nitrogens is 2. The minimum absolute atomic E-state index is 0.00219. The third-order valence-corrected chi connectivity index (χ3v) is 14.4. The number of ether oxygens (including phenoxy) is 3. The molecule has 4 N–H and O–H groups in total. The van der Waals surface area contributed by atoms with Crippen LogP contribution in [0, 0.1) is 23.3 Å². The molecule has 432 valence electrons. The van der Waals surface area contributed by atoms with Crippen molar-refractivity contribution in [2.45, 2.75) is 66.1 Å². The summed E-state index contributed by atoms with van der Waals surface area (Å²) < 4.78 is 78.5. The van der Waals surface area contributed by atoms with Gasteiger partial charge in [0.2, 0.25) is 5.88 Å². The number of benzene rings is 4. The minimum atomic E-state index is -1.00. The van der Waals surface area contributed by atoms with E-state index in [1.54, 1.807) is 114 Å². The van der Waals surface area contributed by atoms with Gasteiger partial charge in [-0.3, -0.25) is 24.2 Å². The molecule has 0 saturated heterocycles. The highest BCUT2D eigenvalue weighted by molar-refractivity contribution is 7.20. The SMILES string of the molecule is CONC(=O)Nc1ccc(-c2sc(N(Cc3c(F)cccc3F)C(=O)OC(C)C)c(C(=O)Nc3ccc(-c4sc(N(Cc5c(F)cccc5F)C(=O)OC(C)C)c(C(=O)Nc5ccc(OC)nn5)c4CN(C)C)cc3)c2CN(C)C)cc1. The van der Waals surface area contributed by atoms with Crippen molar-refractivity contribution in [1.29, 1.82) is 0 Å². The summed E-state index contributed by atoms with van der Waals surface area (Å²) in [7, 11) is 9.75. The molecule has 0 atom stereocenters. The van der Waals surface area contributed by atoms with Gasteiger partial charge >= 0.3 is 18.2 Å². The van der Waals surface area contributed by atoms with Crippen LogP contribution < -0.4 is 36.0 Å². The number of hydrogen-bond acceptors (Lipinski definition) is 15. The monoisotopic (exact) mass is 1170 g/mol. The van der Waals surface area contributed by atoms with Crippen molar-refractivity contribution in [3.05, 3.63) is 154 Å². The van der Waals surface area contributed by atoms with Crippen LogP contribution in [-0.2, 0) is 40.5 Å². The van der Waals surface area contributed by atoms with Gasteiger partial charge in [0, 0.05) is 51.4 Å². The maximum absolute atomic E-state index is 15.5. The summed E-state index contributed by atoms with van der Waals surface area (Å²) in [5.74, 6) is -5.04. The molecule has 7 rings (SSSR count). The van der Waals surface area contributed by atoms with Crippen LogP contribution in [0.3, 0.4) is 0 Å². The molecule has 0 bridgehead atoms. The van der Waals surface area contributed by atoms with Crippen LogP contribution in [0.4, 0.5) is 59.1 Å². The molecule has 0 aliphatic rings. The zero-order valence-electron chi connectivity index (χ0n) is 46.4. The largest absolute Gasteiger partial charge is 0.480 e. The number of halogens is 4. The van der Waals surface area contributed by atoms with Crippen LogP contribution in [0.25, 0.3) is 20.9 Å². The van der Waals surface area contributed by atoms with E-state index < -0.39 is 89.7 Å². The van der Waals surface area contributed by atoms with E-state index in [1.807, 2.05) is 0 Å². The maximum atomic E-state index is 15.5. The number of carbonyl (C=O) groups is 5.